The van der Waals surface area contributed by atoms with Gasteiger partial charge in [-0.15, -0.1) is 0 Å². The Morgan fingerprint density at radius 2 is 1.26 bits per heavy atom. The first kappa shape index (κ1) is 32.0. The number of benzene rings is 3. The van der Waals surface area contributed by atoms with Gasteiger partial charge in [0.05, 0.1) is 11.5 Å². The summed E-state index contributed by atoms with van der Waals surface area (Å²) in [6, 6.07) is 23.6. The molecule has 3 aromatic carbocycles. The highest BCUT2D eigenvalue weighted by molar-refractivity contribution is 5.88. The maximum Gasteiger partial charge on any atom is 0.326 e. The molecule has 0 heterocycles. The molecule has 0 aliphatic carbocycles. The minimum absolute atomic E-state index is 0.161. The molecule has 3 aromatic rings. The van der Waals surface area contributed by atoms with E-state index in [2.05, 4.69) is 10.6 Å². The normalized spacial score (nSPS) is 13.3. The van der Waals surface area contributed by atoms with Gasteiger partial charge in [0.2, 0.25) is 12.7 Å². The molecule has 0 fully saturated rings. The monoisotopic (exact) mass is 574 g/mol. The summed E-state index contributed by atoms with van der Waals surface area (Å²) in [5.41, 5.74) is 2.89. The highest BCUT2D eigenvalue weighted by atomic mass is 16.7. The third-order valence-corrected chi connectivity index (χ3v) is 6.52. The molecule has 0 spiro atoms. The highest BCUT2D eigenvalue weighted by Crippen LogP contribution is 2.20. The molecule has 222 valence electrons. The molecule has 1 amide bonds. The average molecular weight is 575 g/mol. The molecule has 0 aliphatic rings. The lowest BCUT2D eigenvalue weighted by Gasteiger charge is -2.25. The van der Waals surface area contributed by atoms with E-state index in [-0.39, 0.29) is 12.8 Å². The molecular weight excluding hydrogens is 536 g/mol. The molecular formula is C33H38N2O7. The van der Waals surface area contributed by atoms with Crippen LogP contribution in [0.5, 0.6) is 0 Å². The van der Waals surface area contributed by atoms with Crippen LogP contribution < -0.4 is 10.6 Å². The maximum absolute atomic E-state index is 13.3. The van der Waals surface area contributed by atoms with E-state index in [9.17, 15) is 24.3 Å². The molecule has 42 heavy (non-hydrogen) atoms. The fourth-order valence-electron chi connectivity index (χ4n) is 4.06. The van der Waals surface area contributed by atoms with Gasteiger partial charge in [-0.3, -0.25) is 24.5 Å². The van der Waals surface area contributed by atoms with Crippen molar-refractivity contribution < 1.29 is 33.8 Å². The van der Waals surface area contributed by atoms with Gasteiger partial charge in [0, 0.05) is 0 Å². The Kier molecular flexibility index (Phi) is 11.4. The number of rotatable bonds is 13. The minimum atomic E-state index is -1.18. The highest BCUT2D eigenvalue weighted by Gasteiger charge is 2.30. The van der Waals surface area contributed by atoms with Gasteiger partial charge in [-0.25, -0.2) is 0 Å². The number of carboxylic acids is 1. The average Bonchev–Trinajstić information content (AvgIpc) is 2.97. The van der Waals surface area contributed by atoms with Crippen LogP contribution in [-0.2, 0) is 41.5 Å². The van der Waals surface area contributed by atoms with E-state index in [0.29, 0.717) is 0 Å². The van der Waals surface area contributed by atoms with Gasteiger partial charge in [-0.1, -0.05) is 84.9 Å². The van der Waals surface area contributed by atoms with E-state index in [1.54, 1.807) is 20.8 Å². The lowest BCUT2D eigenvalue weighted by atomic mass is 9.98. The van der Waals surface area contributed by atoms with Gasteiger partial charge in [0.15, 0.2) is 0 Å². The lowest BCUT2D eigenvalue weighted by Crippen LogP contribution is -2.55. The van der Waals surface area contributed by atoms with Crippen LogP contribution in [-0.4, -0.2) is 53.8 Å². The third kappa shape index (κ3) is 9.85. The number of hydrogen-bond acceptors (Lipinski definition) is 7. The van der Waals surface area contributed by atoms with Crippen LogP contribution >= 0.6 is 0 Å². The number of carboxylic acid groups (broad SMARTS) is 1. The molecule has 1 unspecified atom stereocenters. The summed E-state index contributed by atoms with van der Waals surface area (Å²) in [7, 11) is 0. The van der Waals surface area contributed by atoms with E-state index in [0.717, 1.165) is 22.3 Å². The van der Waals surface area contributed by atoms with Crippen LogP contribution in [0.3, 0.4) is 0 Å². The Hall–Kier alpha value is -4.50. The summed E-state index contributed by atoms with van der Waals surface area (Å²) in [6.07, 6.45) is 0.350. The minimum Gasteiger partial charge on any atom is -0.480 e. The fraction of sp³-hybridized carbons (Fsp3) is 0.333. The number of aliphatic carboxylic acids is 1. The van der Waals surface area contributed by atoms with E-state index < -0.39 is 54.1 Å². The summed E-state index contributed by atoms with van der Waals surface area (Å²) in [6.45, 7) is 5.84. The zero-order valence-electron chi connectivity index (χ0n) is 24.3. The SMILES string of the molecule is CC(NC(=O)[C@H](Cc1ccccc1)N[C@@H](Cc1ccc(-c2ccccc2)cc1)C(=O)OCOC(=O)C(C)(C)C)C(=O)O. The Balaban J connectivity index is 1.84. The topological polar surface area (TPSA) is 131 Å². The molecule has 9 heteroatoms. The first-order chi connectivity index (χ1) is 19.9. The number of nitrogens with one attached hydrogen (secondary N) is 2. The number of amides is 1. The first-order valence-corrected chi connectivity index (χ1v) is 13.8. The van der Waals surface area contributed by atoms with Gasteiger partial charge in [0.25, 0.3) is 0 Å². The molecule has 0 bridgehead atoms. The van der Waals surface area contributed by atoms with Crippen molar-refractivity contribution in [2.45, 2.75) is 58.7 Å². The van der Waals surface area contributed by atoms with Crippen LogP contribution in [0.4, 0.5) is 0 Å². The molecule has 3 rings (SSSR count). The summed E-state index contributed by atoms with van der Waals surface area (Å²) < 4.78 is 10.4. The molecule has 0 aliphatic heterocycles. The van der Waals surface area contributed by atoms with Crippen molar-refractivity contribution in [3.8, 4) is 11.1 Å². The number of carbonyl (C=O) groups excluding carboxylic acids is 3. The van der Waals surface area contributed by atoms with Crippen LogP contribution in [0.1, 0.15) is 38.8 Å². The van der Waals surface area contributed by atoms with Crippen molar-refractivity contribution in [1.82, 2.24) is 10.6 Å². The number of hydrogen-bond donors (Lipinski definition) is 3. The number of esters is 2. The van der Waals surface area contributed by atoms with E-state index in [1.807, 2.05) is 84.9 Å². The Labute approximate surface area is 246 Å². The molecule has 0 saturated heterocycles. The van der Waals surface area contributed by atoms with Gasteiger partial charge in [0.1, 0.15) is 12.1 Å². The van der Waals surface area contributed by atoms with Crippen molar-refractivity contribution in [3.63, 3.8) is 0 Å². The van der Waals surface area contributed by atoms with Gasteiger partial charge >= 0.3 is 17.9 Å². The standard InChI is InChI=1S/C33H38N2O7/c1-22(30(37)38)34-29(36)27(19-23-11-7-5-8-12-23)35-28(31(39)41-21-42-32(40)33(2,3)4)20-24-15-17-26(18-16-24)25-13-9-6-10-14-25/h5-18,22,27-28,35H,19-21H2,1-4H3,(H,34,36)(H,37,38)/t22?,27-,28-/m0/s1. The van der Waals surface area contributed by atoms with Crippen molar-refractivity contribution >= 4 is 23.8 Å². The molecule has 0 aromatic heterocycles. The van der Waals surface area contributed by atoms with Crippen molar-refractivity contribution in [1.29, 1.82) is 0 Å². The third-order valence-electron chi connectivity index (χ3n) is 6.52. The van der Waals surface area contributed by atoms with Crippen LogP contribution in [0.2, 0.25) is 0 Å². The Bertz CT molecular complexity index is 1340. The predicted molar refractivity (Wildman–Crippen MR) is 158 cm³/mol. The van der Waals surface area contributed by atoms with E-state index in [4.69, 9.17) is 9.47 Å². The molecule has 0 radical (unpaired) electrons. The zero-order valence-corrected chi connectivity index (χ0v) is 24.3. The largest absolute Gasteiger partial charge is 0.480 e. The number of carbonyl (C=O) groups is 4. The van der Waals surface area contributed by atoms with Gasteiger partial charge in [-0.05, 0) is 62.8 Å². The second-order valence-corrected chi connectivity index (χ2v) is 11.1. The second-order valence-electron chi connectivity index (χ2n) is 11.1. The Morgan fingerprint density at radius 1 is 0.738 bits per heavy atom. The molecule has 3 atom stereocenters. The number of ether oxygens (including phenoxy) is 2. The lowest BCUT2D eigenvalue weighted by molar-refractivity contribution is -0.174. The molecule has 3 N–H and O–H groups in total. The van der Waals surface area contributed by atoms with Crippen molar-refractivity contribution in [2.75, 3.05) is 6.79 Å². The summed E-state index contributed by atoms with van der Waals surface area (Å²) in [4.78, 5) is 50.1. The van der Waals surface area contributed by atoms with E-state index >= 15 is 0 Å². The van der Waals surface area contributed by atoms with Crippen LogP contribution in [0.25, 0.3) is 11.1 Å². The van der Waals surface area contributed by atoms with Gasteiger partial charge < -0.3 is 19.9 Å². The first-order valence-electron chi connectivity index (χ1n) is 13.8. The zero-order chi connectivity index (χ0) is 30.7. The summed E-state index contributed by atoms with van der Waals surface area (Å²) >= 11 is 0. The van der Waals surface area contributed by atoms with Crippen LogP contribution in [0.15, 0.2) is 84.9 Å². The van der Waals surface area contributed by atoms with Crippen LogP contribution in [0, 0.1) is 5.41 Å². The maximum atomic E-state index is 13.3. The van der Waals surface area contributed by atoms with Crippen molar-refractivity contribution in [2.24, 2.45) is 5.41 Å². The second kappa shape index (κ2) is 14.9. The Morgan fingerprint density at radius 3 is 1.83 bits per heavy atom. The summed E-state index contributed by atoms with van der Waals surface area (Å²) in [5, 5.41) is 14.9. The quantitative estimate of drug-likeness (QED) is 0.205. The molecule has 0 saturated carbocycles. The molecule has 9 nitrogen and oxygen atoms in total. The van der Waals surface area contributed by atoms with Gasteiger partial charge in [-0.2, -0.15) is 0 Å². The van der Waals surface area contributed by atoms with E-state index in [1.165, 1.54) is 6.92 Å². The fourth-order valence-corrected chi connectivity index (χ4v) is 4.06. The smallest absolute Gasteiger partial charge is 0.326 e. The van der Waals surface area contributed by atoms with Crippen molar-refractivity contribution in [3.05, 3.63) is 96.1 Å². The predicted octanol–water partition coefficient (Wildman–Crippen LogP) is 4.14. The summed E-state index contributed by atoms with van der Waals surface area (Å²) in [5.74, 6) is -3.01.